The van der Waals surface area contributed by atoms with Gasteiger partial charge in [-0.15, -0.1) is 0 Å². The lowest BCUT2D eigenvalue weighted by molar-refractivity contribution is 0.228. The Kier molecular flexibility index (Phi) is 5.41. The number of nitrogens with zero attached hydrogens (tertiary/aromatic N) is 2. The highest BCUT2D eigenvalue weighted by Gasteiger charge is 2.25. The van der Waals surface area contributed by atoms with Gasteiger partial charge in [0.15, 0.2) is 0 Å². The predicted octanol–water partition coefficient (Wildman–Crippen LogP) is 3.93. The summed E-state index contributed by atoms with van der Waals surface area (Å²) in [6, 6.07) is 12.4. The Morgan fingerprint density at radius 3 is 2.93 bits per heavy atom. The minimum atomic E-state index is -0.284. The Hall–Kier alpha value is -2.70. The van der Waals surface area contributed by atoms with Crippen LogP contribution in [-0.2, 0) is 26.1 Å². The van der Waals surface area contributed by atoms with Gasteiger partial charge in [-0.1, -0.05) is 23.4 Å². The first-order valence-corrected chi connectivity index (χ1v) is 9.49. The molecule has 0 radical (unpaired) electrons. The second-order valence-corrected chi connectivity index (χ2v) is 6.94. The van der Waals surface area contributed by atoms with Crippen molar-refractivity contribution in [3.8, 4) is 17.0 Å². The number of aromatic nitrogens is 1. The fourth-order valence-electron chi connectivity index (χ4n) is 3.67. The smallest absolute Gasteiger partial charge is 0.143 e. The van der Waals surface area contributed by atoms with E-state index in [4.69, 9.17) is 9.26 Å². The SMILES string of the molecule is CCOc1ccc(CN2CCc3onc(-c4cccc(F)c4)c3C2)cc1CO. The molecule has 0 amide bonds. The zero-order chi connectivity index (χ0) is 19.5. The van der Waals surface area contributed by atoms with Crippen LogP contribution in [0.2, 0.25) is 0 Å². The third-order valence-corrected chi connectivity index (χ3v) is 5.01. The molecule has 2 heterocycles. The van der Waals surface area contributed by atoms with Gasteiger partial charge in [-0.3, -0.25) is 4.90 Å². The Morgan fingerprint density at radius 2 is 2.14 bits per heavy atom. The van der Waals surface area contributed by atoms with Gasteiger partial charge in [-0.25, -0.2) is 4.39 Å². The molecule has 1 aromatic heterocycles. The van der Waals surface area contributed by atoms with Gasteiger partial charge in [0.1, 0.15) is 23.0 Å². The minimum absolute atomic E-state index is 0.0529. The molecule has 6 heteroatoms. The first kappa shape index (κ1) is 18.7. The molecular formula is C22H23FN2O3. The first-order valence-electron chi connectivity index (χ1n) is 9.49. The summed E-state index contributed by atoms with van der Waals surface area (Å²) in [4.78, 5) is 2.30. The van der Waals surface area contributed by atoms with Crippen molar-refractivity contribution in [2.24, 2.45) is 0 Å². The number of aliphatic hydroxyl groups is 1. The highest BCUT2D eigenvalue weighted by Crippen LogP contribution is 2.31. The number of hydrogen-bond acceptors (Lipinski definition) is 5. The Morgan fingerprint density at radius 1 is 1.25 bits per heavy atom. The minimum Gasteiger partial charge on any atom is -0.494 e. The van der Waals surface area contributed by atoms with Crippen LogP contribution in [0.4, 0.5) is 4.39 Å². The zero-order valence-corrected chi connectivity index (χ0v) is 15.8. The summed E-state index contributed by atoms with van der Waals surface area (Å²) in [5, 5.41) is 13.8. The van der Waals surface area contributed by atoms with Gasteiger partial charge in [0.05, 0.1) is 13.2 Å². The number of aliphatic hydroxyl groups excluding tert-OH is 1. The van der Waals surface area contributed by atoms with Crippen LogP contribution in [-0.4, -0.2) is 28.3 Å². The molecule has 2 aromatic carbocycles. The van der Waals surface area contributed by atoms with Crippen molar-refractivity contribution in [3.63, 3.8) is 0 Å². The second kappa shape index (κ2) is 8.12. The average Bonchev–Trinajstić information content (AvgIpc) is 3.12. The molecular weight excluding hydrogens is 359 g/mol. The number of rotatable bonds is 6. The molecule has 0 atom stereocenters. The van der Waals surface area contributed by atoms with E-state index in [1.165, 1.54) is 12.1 Å². The van der Waals surface area contributed by atoms with Crippen LogP contribution >= 0.6 is 0 Å². The second-order valence-electron chi connectivity index (χ2n) is 6.94. The summed E-state index contributed by atoms with van der Waals surface area (Å²) in [5.41, 5.74) is 4.37. The molecule has 1 aliphatic heterocycles. The van der Waals surface area contributed by atoms with Gasteiger partial charge in [0, 0.05) is 42.7 Å². The summed E-state index contributed by atoms with van der Waals surface area (Å²) in [6.45, 7) is 4.72. The van der Waals surface area contributed by atoms with E-state index in [0.717, 1.165) is 53.3 Å². The van der Waals surface area contributed by atoms with Crippen LogP contribution in [0.1, 0.15) is 29.4 Å². The summed E-state index contributed by atoms with van der Waals surface area (Å²) in [6.07, 6.45) is 0.765. The van der Waals surface area contributed by atoms with Gasteiger partial charge in [-0.05, 0) is 36.8 Å². The number of fused-ring (bicyclic) bond motifs is 1. The van der Waals surface area contributed by atoms with Crippen LogP contribution in [0.25, 0.3) is 11.3 Å². The zero-order valence-electron chi connectivity index (χ0n) is 15.8. The van der Waals surface area contributed by atoms with Crippen molar-refractivity contribution in [1.82, 2.24) is 10.1 Å². The lowest BCUT2D eigenvalue weighted by atomic mass is 10.0. The molecule has 3 aromatic rings. The third-order valence-electron chi connectivity index (χ3n) is 5.01. The van der Waals surface area contributed by atoms with Crippen molar-refractivity contribution in [2.75, 3.05) is 13.2 Å². The van der Waals surface area contributed by atoms with Crippen molar-refractivity contribution >= 4 is 0 Å². The Bertz CT molecular complexity index is 970. The monoisotopic (exact) mass is 382 g/mol. The maximum absolute atomic E-state index is 13.6. The average molecular weight is 382 g/mol. The van der Waals surface area contributed by atoms with E-state index in [0.29, 0.717) is 18.8 Å². The van der Waals surface area contributed by atoms with E-state index in [9.17, 15) is 9.50 Å². The van der Waals surface area contributed by atoms with Gasteiger partial charge in [0.2, 0.25) is 0 Å². The molecule has 146 valence electrons. The maximum Gasteiger partial charge on any atom is 0.143 e. The Labute approximate surface area is 163 Å². The molecule has 1 N–H and O–H groups in total. The van der Waals surface area contributed by atoms with Gasteiger partial charge in [-0.2, -0.15) is 0 Å². The van der Waals surface area contributed by atoms with Crippen LogP contribution in [0.5, 0.6) is 5.75 Å². The molecule has 1 aliphatic rings. The lowest BCUT2D eigenvalue weighted by Crippen LogP contribution is -2.29. The fraction of sp³-hybridized carbons (Fsp3) is 0.318. The van der Waals surface area contributed by atoms with Crippen molar-refractivity contribution in [3.05, 3.63) is 70.7 Å². The number of benzene rings is 2. The molecule has 28 heavy (non-hydrogen) atoms. The largest absolute Gasteiger partial charge is 0.494 e. The van der Waals surface area contributed by atoms with Gasteiger partial charge >= 0.3 is 0 Å². The summed E-state index contributed by atoms with van der Waals surface area (Å²) >= 11 is 0. The number of hydrogen-bond donors (Lipinski definition) is 1. The fourth-order valence-corrected chi connectivity index (χ4v) is 3.67. The molecule has 0 aliphatic carbocycles. The van der Waals surface area contributed by atoms with E-state index < -0.39 is 0 Å². The molecule has 0 unspecified atom stereocenters. The molecule has 5 nitrogen and oxygen atoms in total. The molecule has 0 fully saturated rings. The molecule has 0 bridgehead atoms. The molecule has 0 saturated heterocycles. The highest BCUT2D eigenvalue weighted by molar-refractivity contribution is 5.63. The summed E-state index contributed by atoms with van der Waals surface area (Å²) in [7, 11) is 0. The number of halogens is 1. The van der Waals surface area contributed by atoms with Crippen molar-refractivity contribution in [1.29, 1.82) is 0 Å². The van der Waals surface area contributed by atoms with Crippen LogP contribution in [0, 0.1) is 5.82 Å². The van der Waals surface area contributed by atoms with E-state index in [2.05, 4.69) is 10.1 Å². The van der Waals surface area contributed by atoms with Crippen LogP contribution in [0.3, 0.4) is 0 Å². The van der Waals surface area contributed by atoms with Crippen molar-refractivity contribution in [2.45, 2.75) is 33.0 Å². The summed E-state index contributed by atoms with van der Waals surface area (Å²) < 4.78 is 24.7. The van der Waals surface area contributed by atoms with E-state index in [1.54, 1.807) is 6.07 Å². The number of ether oxygens (including phenoxy) is 1. The molecule has 0 spiro atoms. The van der Waals surface area contributed by atoms with E-state index in [1.807, 2.05) is 31.2 Å². The molecule has 0 saturated carbocycles. The predicted molar refractivity (Wildman–Crippen MR) is 103 cm³/mol. The normalized spacial score (nSPS) is 14.1. The maximum atomic E-state index is 13.6. The van der Waals surface area contributed by atoms with Crippen LogP contribution in [0.15, 0.2) is 47.0 Å². The van der Waals surface area contributed by atoms with Crippen LogP contribution < -0.4 is 4.74 Å². The first-order chi connectivity index (χ1) is 13.7. The quantitative estimate of drug-likeness (QED) is 0.700. The topological polar surface area (TPSA) is 58.7 Å². The van der Waals surface area contributed by atoms with Crippen molar-refractivity contribution < 1.29 is 18.8 Å². The Balaban J connectivity index is 1.54. The summed E-state index contributed by atoms with van der Waals surface area (Å²) in [5.74, 6) is 1.31. The highest BCUT2D eigenvalue weighted by atomic mass is 19.1. The third kappa shape index (κ3) is 3.79. The lowest BCUT2D eigenvalue weighted by Gasteiger charge is -2.26. The van der Waals surface area contributed by atoms with Gasteiger partial charge < -0.3 is 14.4 Å². The standard InChI is InChI=1S/C22H23FN2O3/c1-2-27-20-7-6-15(10-17(20)14-26)12-25-9-8-21-19(13-25)22(24-28-21)16-4-3-5-18(23)11-16/h3-7,10-11,26H,2,8-9,12-14H2,1H3. The molecule has 4 rings (SSSR count). The van der Waals surface area contributed by atoms with Gasteiger partial charge in [0.25, 0.3) is 0 Å². The van der Waals surface area contributed by atoms with E-state index >= 15 is 0 Å². The van der Waals surface area contributed by atoms with E-state index in [-0.39, 0.29) is 12.4 Å².